The molecule has 2 saturated heterocycles. The Balaban J connectivity index is 1.26. The summed E-state index contributed by atoms with van der Waals surface area (Å²) in [6.07, 6.45) is 13.5. The molecule has 0 bridgehead atoms. The highest BCUT2D eigenvalue weighted by Gasteiger charge is 2.50. The number of aromatic hydroxyl groups is 1. The summed E-state index contributed by atoms with van der Waals surface area (Å²) in [5.41, 5.74) is -0.453. The highest BCUT2D eigenvalue weighted by atomic mass is 19.1. The van der Waals surface area contributed by atoms with E-state index in [4.69, 9.17) is 20.9 Å². The van der Waals surface area contributed by atoms with Crippen LogP contribution in [0.3, 0.4) is 0 Å². The van der Waals surface area contributed by atoms with Crippen molar-refractivity contribution in [1.82, 2.24) is 29.7 Å². The number of carbonyl (C=O) groups excluding carboxylic acids is 1. The Morgan fingerprint density at radius 2 is 1.94 bits per heavy atom. The fourth-order valence-electron chi connectivity index (χ4n) is 8.08. The second kappa shape index (κ2) is 13.4. The number of nitrogens with one attached hydrogen (secondary N) is 1. The molecule has 4 aromatic rings. The monoisotopic (exact) mass is 699 g/mol. The number of likely N-dealkylation sites (N-methyl/N-ethyl adjacent to an activating group) is 1. The van der Waals surface area contributed by atoms with Gasteiger partial charge >= 0.3 is 12.1 Å². The zero-order chi connectivity index (χ0) is 36.1. The molecule has 1 saturated carbocycles. The number of phenolic OH excluding ortho intramolecular Hbond substituents is 1. The van der Waals surface area contributed by atoms with Crippen LogP contribution in [0.5, 0.6) is 11.8 Å². The first-order valence-electron chi connectivity index (χ1n) is 17.4. The van der Waals surface area contributed by atoms with Gasteiger partial charge < -0.3 is 29.7 Å². The topological polar surface area (TPSA) is 116 Å². The highest BCUT2D eigenvalue weighted by Crippen LogP contribution is 2.44. The zero-order valence-corrected chi connectivity index (χ0v) is 29.4. The van der Waals surface area contributed by atoms with Crippen LogP contribution in [-0.4, -0.2) is 112 Å². The van der Waals surface area contributed by atoms with Gasteiger partial charge in [0, 0.05) is 49.4 Å². The summed E-state index contributed by atoms with van der Waals surface area (Å²) in [5.74, 6) is 1.20. The molecule has 11 nitrogen and oxygen atoms in total. The lowest BCUT2D eigenvalue weighted by Crippen LogP contribution is -2.54. The Morgan fingerprint density at radius 3 is 2.65 bits per heavy atom. The van der Waals surface area contributed by atoms with Crippen molar-refractivity contribution in [3.8, 4) is 35.4 Å². The molecule has 1 amide bonds. The van der Waals surface area contributed by atoms with E-state index >= 15 is 4.39 Å². The van der Waals surface area contributed by atoms with Crippen molar-refractivity contribution in [2.45, 2.75) is 62.1 Å². The Hall–Kier alpha value is -4.80. The molecule has 1 aliphatic carbocycles. The second-order valence-corrected chi connectivity index (χ2v) is 14.5. The van der Waals surface area contributed by atoms with E-state index in [2.05, 4.69) is 45.1 Å². The molecule has 0 spiro atoms. The van der Waals surface area contributed by atoms with Gasteiger partial charge in [-0.2, -0.15) is 9.97 Å². The maximum Gasteiger partial charge on any atom is 0.409 e. The van der Waals surface area contributed by atoms with Crippen LogP contribution in [-0.2, 0) is 4.74 Å². The fraction of sp³-hybridized carbons (Fsp3) is 0.474. The molecule has 0 radical (unpaired) electrons. The van der Waals surface area contributed by atoms with E-state index in [9.17, 15) is 14.3 Å². The number of ether oxygens (including phenoxy) is 2. The van der Waals surface area contributed by atoms with E-state index in [1.807, 2.05) is 0 Å². The lowest BCUT2D eigenvalue weighted by Gasteiger charge is -2.47. The summed E-state index contributed by atoms with van der Waals surface area (Å²) in [5, 5.41) is 15.1. The first-order valence-corrected chi connectivity index (χ1v) is 17.4. The minimum absolute atomic E-state index is 0.00778. The number of carbonyl (C=O) groups is 1. The number of hydrogen-bond acceptors (Lipinski definition) is 10. The number of halogens is 2. The number of rotatable bonds is 10. The van der Waals surface area contributed by atoms with Crippen LogP contribution in [0.1, 0.15) is 50.5 Å². The van der Waals surface area contributed by atoms with E-state index in [0.717, 1.165) is 51.5 Å². The molecule has 3 aliphatic rings. The van der Waals surface area contributed by atoms with Crippen molar-refractivity contribution >= 4 is 33.6 Å². The van der Waals surface area contributed by atoms with E-state index in [1.165, 1.54) is 35.4 Å². The van der Waals surface area contributed by atoms with Crippen molar-refractivity contribution in [3.05, 3.63) is 47.7 Å². The highest BCUT2D eigenvalue weighted by molar-refractivity contribution is 6.03. The lowest BCUT2D eigenvalue weighted by molar-refractivity contribution is 0.0484. The molecular weight excluding hydrogens is 656 g/mol. The third-order valence-electron chi connectivity index (χ3n) is 11.2. The molecule has 268 valence electrons. The van der Waals surface area contributed by atoms with Crippen molar-refractivity contribution in [1.29, 1.82) is 0 Å². The molecule has 2 aliphatic heterocycles. The predicted molar refractivity (Wildman–Crippen MR) is 191 cm³/mol. The third kappa shape index (κ3) is 6.14. The van der Waals surface area contributed by atoms with Gasteiger partial charge in [0.05, 0.1) is 16.5 Å². The van der Waals surface area contributed by atoms with Crippen LogP contribution in [0, 0.1) is 24.0 Å². The van der Waals surface area contributed by atoms with Gasteiger partial charge in [-0.3, -0.25) is 9.88 Å². The molecule has 2 N–H and O–H groups in total. The molecule has 7 rings (SSSR count). The number of fused-ring (bicyclic) bond motifs is 3. The van der Waals surface area contributed by atoms with Gasteiger partial charge in [-0.15, -0.1) is 6.42 Å². The predicted octanol–water partition coefficient (Wildman–Crippen LogP) is 5.78. The van der Waals surface area contributed by atoms with Crippen molar-refractivity contribution in [3.63, 3.8) is 0 Å². The van der Waals surface area contributed by atoms with E-state index in [-0.39, 0.29) is 69.3 Å². The minimum atomic E-state index is -0.780. The fourth-order valence-corrected chi connectivity index (χ4v) is 8.08. The van der Waals surface area contributed by atoms with Crippen LogP contribution in [0.25, 0.3) is 32.9 Å². The number of aromatic nitrogens is 3. The number of phenols is 1. The van der Waals surface area contributed by atoms with Crippen LogP contribution in [0.15, 0.2) is 30.5 Å². The number of pyridine rings is 1. The van der Waals surface area contributed by atoms with Gasteiger partial charge in [0.15, 0.2) is 5.82 Å². The first-order chi connectivity index (χ1) is 24.4. The number of hydrogen-bond donors (Lipinski definition) is 2. The van der Waals surface area contributed by atoms with Gasteiger partial charge in [-0.1, -0.05) is 12.0 Å². The smallest absolute Gasteiger partial charge is 0.409 e. The second-order valence-electron chi connectivity index (χ2n) is 14.5. The summed E-state index contributed by atoms with van der Waals surface area (Å²) in [6.45, 7) is 2.00. The summed E-state index contributed by atoms with van der Waals surface area (Å²) in [6, 6.07) is 5.55. The molecule has 2 aromatic heterocycles. The lowest BCUT2D eigenvalue weighted by atomic mass is 9.75. The Labute approximate surface area is 295 Å². The van der Waals surface area contributed by atoms with E-state index < -0.39 is 11.6 Å². The first kappa shape index (κ1) is 34.6. The minimum Gasteiger partial charge on any atom is -0.508 e. The van der Waals surface area contributed by atoms with Gasteiger partial charge in [0.1, 0.15) is 41.8 Å². The van der Waals surface area contributed by atoms with Crippen LogP contribution < -0.4 is 10.1 Å². The van der Waals surface area contributed by atoms with Gasteiger partial charge in [0.2, 0.25) is 0 Å². The summed E-state index contributed by atoms with van der Waals surface area (Å²) in [4.78, 5) is 32.0. The maximum atomic E-state index is 16.9. The molecule has 2 atom stereocenters. The Morgan fingerprint density at radius 1 is 1.14 bits per heavy atom. The molecule has 4 heterocycles. The third-order valence-corrected chi connectivity index (χ3v) is 11.2. The van der Waals surface area contributed by atoms with Gasteiger partial charge in [-0.05, 0) is 89.2 Å². The van der Waals surface area contributed by atoms with E-state index in [1.54, 1.807) is 14.1 Å². The number of nitrogens with zero attached hydrogens (tertiary/aromatic N) is 6. The molecule has 3 fully saturated rings. The van der Waals surface area contributed by atoms with Crippen LogP contribution in [0.4, 0.5) is 19.4 Å². The van der Waals surface area contributed by atoms with Crippen LogP contribution >= 0.6 is 0 Å². The standard InChI is InChI=1S/C38H43F2N7O4/c1-6-26-29(39)10-9-23-17-25(48)18-27(30(23)26)32-31(40)33-28(19-41-32)34(42-21-37(46(4)5)12-7-13-37)44-35(43-33)51-22-38-14-8-16-47(38)24(11-15-38)20-50-36(49)45(2)3/h1,9-10,17-19,24,48H,7-8,11-16,20-22H2,2-5H3,(H,42,43,44)/t24-,38-/m1/s1. The SMILES string of the molecule is C#Cc1c(F)ccc2cc(O)cc(-c3ncc4c(NCC5(N(C)C)CCC5)nc(OC[C@]56CCCN5[C@@H](COC(=O)N(C)C)CC6)nc4c3F)c12. The van der Waals surface area contributed by atoms with Gasteiger partial charge in [0.25, 0.3) is 0 Å². The number of terminal acetylenes is 1. The Kier molecular flexibility index (Phi) is 9.10. The number of anilines is 1. The van der Waals surface area contributed by atoms with Crippen molar-refractivity contribution < 1.29 is 28.2 Å². The quantitative estimate of drug-likeness (QED) is 0.198. The molecular formula is C38H43F2N7O4. The molecule has 0 unspecified atom stereocenters. The number of amides is 1. The van der Waals surface area contributed by atoms with E-state index in [0.29, 0.717) is 29.7 Å². The Bertz CT molecular complexity index is 2050. The average Bonchev–Trinajstić information content (AvgIpc) is 3.65. The normalized spacial score (nSPS) is 21.0. The van der Waals surface area contributed by atoms with Gasteiger partial charge in [-0.25, -0.2) is 13.6 Å². The van der Waals surface area contributed by atoms with Crippen LogP contribution in [0.2, 0.25) is 0 Å². The number of benzene rings is 2. The molecule has 2 aromatic carbocycles. The van der Waals surface area contributed by atoms with Crippen molar-refractivity contribution in [2.75, 3.05) is 59.8 Å². The van der Waals surface area contributed by atoms with Crippen molar-refractivity contribution in [2.24, 2.45) is 0 Å². The molecule has 51 heavy (non-hydrogen) atoms. The summed E-state index contributed by atoms with van der Waals surface area (Å²) >= 11 is 0. The largest absolute Gasteiger partial charge is 0.508 e. The summed E-state index contributed by atoms with van der Waals surface area (Å²) < 4.78 is 43.7. The summed E-state index contributed by atoms with van der Waals surface area (Å²) in [7, 11) is 7.42. The maximum absolute atomic E-state index is 16.9. The average molecular weight is 700 g/mol. The zero-order valence-electron chi connectivity index (χ0n) is 29.4. The molecule has 13 heteroatoms.